The second-order valence-electron chi connectivity index (χ2n) is 8.19. The van der Waals surface area contributed by atoms with Gasteiger partial charge < -0.3 is 24.1 Å². The SMILES string of the molecule is C[C@@]1(O)O[C@H](COCc2ccccc2)[C@H](OCc2ccccc2)[C@H]1OCc1ccccc1. The molecular weight excluding hydrogens is 404 g/mol. The van der Waals surface area contributed by atoms with Gasteiger partial charge in [-0.3, -0.25) is 0 Å². The zero-order chi connectivity index (χ0) is 22.2. The van der Waals surface area contributed by atoms with Crippen LogP contribution in [0.3, 0.4) is 0 Å². The summed E-state index contributed by atoms with van der Waals surface area (Å²) in [7, 11) is 0. The van der Waals surface area contributed by atoms with Crippen LogP contribution in [0.4, 0.5) is 0 Å². The summed E-state index contributed by atoms with van der Waals surface area (Å²) in [6, 6.07) is 29.8. The monoisotopic (exact) mass is 434 g/mol. The van der Waals surface area contributed by atoms with Crippen molar-refractivity contribution in [2.45, 2.75) is 50.8 Å². The summed E-state index contributed by atoms with van der Waals surface area (Å²) in [6.07, 6.45) is -1.60. The minimum atomic E-state index is -1.49. The Hall–Kier alpha value is -2.54. The van der Waals surface area contributed by atoms with E-state index in [4.69, 9.17) is 18.9 Å². The van der Waals surface area contributed by atoms with Crippen molar-refractivity contribution in [3.63, 3.8) is 0 Å². The first-order chi connectivity index (χ1) is 15.6. The van der Waals surface area contributed by atoms with Crippen LogP contribution >= 0.6 is 0 Å². The third-order valence-corrected chi connectivity index (χ3v) is 5.53. The molecule has 0 radical (unpaired) electrons. The molecule has 0 unspecified atom stereocenters. The lowest BCUT2D eigenvalue weighted by Crippen LogP contribution is -2.44. The summed E-state index contributed by atoms with van der Waals surface area (Å²) in [4.78, 5) is 0. The van der Waals surface area contributed by atoms with E-state index >= 15 is 0 Å². The van der Waals surface area contributed by atoms with E-state index in [2.05, 4.69) is 0 Å². The molecule has 0 saturated carbocycles. The summed E-state index contributed by atoms with van der Waals surface area (Å²) in [6.45, 7) is 3.12. The van der Waals surface area contributed by atoms with Gasteiger partial charge in [0.15, 0.2) is 5.79 Å². The predicted octanol–water partition coefficient (Wildman–Crippen LogP) is 4.48. The van der Waals surface area contributed by atoms with E-state index in [-0.39, 0.29) is 6.61 Å². The van der Waals surface area contributed by atoms with Crippen LogP contribution in [-0.4, -0.2) is 35.8 Å². The van der Waals surface area contributed by atoms with Gasteiger partial charge in [-0.05, 0) is 23.6 Å². The van der Waals surface area contributed by atoms with Crippen LogP contribution in [0.25, 0.3) is 0 Å². The number of aliphatic hydroxyl groups is 1. The van der Waals surface area contributed by atoms with E-state index in [0.29, 0.717) is 19.8 Å². The molecule has 1 aliphatic rings. The number of benzene rings is 3. The molecule has 4 rings (SSSR count). The first kappa shape index (κ1) is 22.6. The quantitative estimate of drug-likeness (QED) is 0.510. The molecule has 1 heterocycles. The first-order valence-corrected chi connectivity index (χ1v) is 10.9. The summed E-state index contributed by atoms with van der Waals surface area (Å²) < 4.78 is 24.3. The van der Waals surface area contributed by atoms with Crippen LogP contribution in [-0.2, 0) is 38.8 Å². The predicted molar refractivity (Wildman–Crippen MR) is 122 cm³/mol. The van der Waals surface area contributed by atoms with Gasteiger partial charge in [0, 0.05) is 0 Å². The third kappa shape index (κ3) is 6.03. The van der Waals surface area contributed by atoms with Gasteiger partial charge in [-0.1, -0.05) is 91.0 Å². The lowest BCUT2D eigenvalue weighted by Gasteiger charge is -2.27. The van der Waals surface area contributed by atoms with Gasteiger partial charge in [-0.25, -0.2) is 0 Å². The highest BCUT2D eigenvalue weighted by Gasteiger charge is 2.53. The van der Waals surface area contributed by atoms with Crippen LogP contribution in [0, 0.1) is 0 Å². The van der Waals surface area contributed by atoms with E-state index in [9.17, 15) is 5.11 Å². The van der Waals surface area contributed by atoms with Gasteiger partial charge in [-0.2, -0.15) is 0 Å². The summed E-state index contributed by atoms with van der Waals surface area (Å²) in [5, 5.41) is 11.0. The fourth-order valence-electron chi connectivity index (χ4n) is 3.91. The largest absolute Gasteiger partial charge is 0.374 e. The number of ether oxygens (including phenoxy) is 4. The van der Waals surface area contributed by atoms with Crippen molar-refractivity contribution in [1.82, 2.24) is 0 Å². The topological polar surface area (TPSA) is 57.2 Å². The second-order valence-corrected chi connectivity index (χ2v) is 8.19. The maximum Gasteiger partial charge on any atom is 0.192 e. The third-order valence-electron chi connectivity index (χ3n) is 5.53. The van der Waals surface area contributed by atoms with Gasteiger partial charge in [0.1, 0.15) is 18.3 Å². The van der Waals surface area contributed by atoms with Gasteiger partial charge in [0.25, 0.3) is 0 Å². The van der Waals surface area contributed by atoms with Crippen LogP contribution in [0.1, 0.15) is 23.6 Å². The van der Waals surface area contributed by atoms with Gasteiger partial charge in [0.2, 0.25) is 0 Å². The Morgan fingerprint density at radius 2 is 1.19 bits per heavy atom. The molecule has 1 saturated heterocycles. The van der Waals surface area contributed by atoms with Crippen LogP contribution < -0.4 is 0 Å². The Balaban J connectivity index is 1.44. The molecule has 0 aliphatic carbocycles. The highest BCUT2D eigenvalue weighted by molar-refractivity contribution is 5.15. The highest BCUT2D eigenvalue weighted by Crippen LogP contribution is 2.34. The number of rotatable bonds is 10. The Kier molecular flexibility index (Phi) is 7.68. The van der Waals surface area contributed by atoms with Crippen molar-refractivity contribution in [3.05, 3.63) is 108 Å². The normalized spacial score (nSPS) is 25.1. The van der Waals surface area contributed by atoms with Gasteiger partial charge >= 0.3 is 0 Å². The zero-order valence-corrected chi connectivity index (χ0v) is 18.3. The van der Waals surface area contributed by atoms with Crippen molar-refractivity contribution >= 4 is 0 Å². The molecule has 4 atom stereocenters. The molecule has 0 bridgehead atoms. The maximum atomic E-state index is 11.0. The van der Waals surface area contributed by atoms with E-state index < -0.39 is 24.1 Å². The van der Waals surface area contributed by atoms with Crippen LogP contribution in [0.5, 0.6) is 0 Å². The van der Waals surface area contributed by atoms with E-state index in [1.165, 1.54) is 0 Å². The van der Waals surface area contributed by atoms with Crippen molar-refractivity contribution in [1.29, 1.82) is 0 Å². The molecule has 0 aromatic heterocycles. The lowest BCUT2D eigenvalue weighted by atomic mass is 10.1. The van der Waals surface area contributed by atoms with E-state index in [1.807, 2.05) is 91.0 Å². The Bertz CT molecular complexity index is 930. The van der Waals surface area contributed by atoms with E-state index in [1.54, 1.807) is 6.92 Å². The first-order valence-electron chi connectivity index (χ1n) is 10.9. The van der Waals surface area contributed by atoms with Gasteiger partial charge in [-0.15, -0.1) is 0 Å². The van der Waals surface area contributed by atoms with Crippen molar-refractivity contribution in [2.24, 2.45) is 0 Å². The molecule has 1 N–H and O–H groups in total. The molecule has 0 spiro atoms. The lowest BCUT2D eigenvalue weighted by molar-refractivity contribution is -0.231. The zero-order valence-electron chi connectivity index (χ0n) is 18.3. The Morgan fingerprint density at radius 3 is 1.72 bits per heavy atom. The molecule has 1 fully saturated rings. The average molecular weight is 435 g/mol. The Morgan fingerprint density at radius 1 is 0.719 bits per heavy atom. The van der Waals surface area contributed by atoms with Crippen LogP contribution in [0.15, 0.2) is 91.0 Å². The standard InChI is InChI=1S/C27H30O5/c1-27(28)26(31-19-23-15-9-4-10-16-23)25(30-18-22-13-7-3-8-14-22)24(32-27)20-29-17-21-11-5-2-6-12-21/h2-16,24-26,28H,17-20H2,1H3/t24-,25+,26-,27-/m1/s1. The average Bonchev–Trinajstić information content (AvgIpc) is 3.07. The summed E-state index contributed by atoms with van der Waals surface area (Å²) in [5.74, 6) is -1.49. The fourth-order valence-corrected chi connectivity index (χ4v) is 3.91. The van der Waals surface area contributed by atoms with Crippen molar-refractivity contribution in [3.8, 4) is 0 Å². The Labute approximate surface area is 189 Å². The summed E-state index contributed by atoms with van der Waals surface area (Å²) in [5.41, 5.74) is 3.15. The fraction of sp³-hybridized carbons (Fsp3) is 0.333. The van der Waals surface area contributed by atoms with Gasteiger partial charge in [0.05, 0.1) is 26.4 Å². The minimum absolute atomic E-state index is 0.287. The van der Waals surface area contributed by atoms with E-state index in [0.717, 1.165) is 16.7 Å². The molecule has 5 nitrogen and oxygen atoms in total. The molecule has 3 aromatic rings. The maximum absolute atomic E-state index is 11.0. The van der Waals surface area contributed by atoms with Crippen molar-refractivity contribution < 1.29 is 24.1 Å². The number of hydrogen-bond donors (Lipinski definition) is 1. The molecule has 1 aliphatic heterocycles. The molecule has 5 heteroatoms. The minimum Gasteiger partial charge on any atom is -0.374 e. The molecular formula is C27H30O5. The highest BCUT2D eigenvalue weighted by atomic mass is 16.7. The summed E-state index contributed by atoms with van der Waals surface area (Å²) >= 11 is 0. The smallest absolute Gasteiger partial charge is 0.192 e. The molecule has 168 valence electrons. The molecule has 32 heavy (non-hydrogen) atoms. The van der Waals surface area contributed by atoms with Crippen LogP contribution in [0.2, 0.25) is 0 Å². The number of hydrogen-bond acceptors (Lipinski definition) is 5. The van der Waals surface area contributed by atoms with Crippen molar-refractivity contribution in [2.75, 3.05) is 6.61 Å². The molecule has 0 amide bonds. The molecule has 3 aromatic carbocycles. The second kappa shape index (κ2) is 10.9.